The average Bonchev–Trinajstić information content (AvgIpc) is 2.77. The van der Waals surface area contributed by atoms with Crippen molar-refractivity contribution < 1.29 is 4.79 Å². The van der Waals surface area contributed by atoms with Crippen molar-refractivity contribution >= 4 is 6.03 Å². The summed E-state index contributed by atoms with van der Waals surface area (Å²) in [7, 11) is 0. The fourth-order valence-corrected chi connectivity index (χ4v) is 1.06. The molecule has 0 atom stereocenters. The summed E-state index contributed by atoms with van der Waals surface area (Å²) in [4.78, 5) is 17.0. The first-order chi connectivity index (χ1) is 7.29. The molecular weight excluding hydrogens is 190 g/mol. The van der Waals surface area contributed by atoms with Crippen LogP contribution in [-0.4, -0.2) is 20.5 Å². The highest BCUT2D eigenvalue weighted by atomic mass is 16.2. The molecule has 0 aliphatic rings. The number of unbranched alkanes of at least 4 members (excludes halogenated alkanes) is 1. The first kappa shape index (κ1) is 11.2. The molecule has 0 aliphatic carbocycles. The summed E-state index contributed by atoms with van der Waals surface area (Å²) in [6.07, 6.45) is 11.8. The van der Waals surface area contributed by atoms with Gasteiger partial charge in [0, 0.05) is 24.8 Å². The van der Waals surface area contributed by atoms with Crippen LogP contribution in [0.4, 0.5) is 4.79 Å². The Kier molecular flexibility index (Phi) is 4.34. The lowest BCUT2D eigenvalue weighted by molar-refractivity contribution is 0.228. The molecule has 4 heteroatoms. The Morgan fingerprint density at radius 1 is 1.67 bits per heavy atom. The van der Waals surface area contributed by atoms with E-state index < -0.39 is 0 Å². The summed E-state index contributed by atoms with van der Waals surface area (Å²) in [6, 6.07) is -0.185. The zero-order valence-corrected chi connectivity index (χ0v) is 8.84. The molecular formula is C11H15N3O. The topological polar surface area (TPSA) is 38.1 Å². The maximum atomic E-state index is 11.8. The highest BCUT2D eigenvalue weighted by Crippen LogP contribution is 1.99. The number of nitrogens with zero attached hydrogens (tertiary/aromatic N) is 3. The first-order valence-corrected chi connectivity index (χ1v) is 4.89. The highest BCUT2D eigenvalue weighted by Gasteiger charge is 2.08. The van der Waals surface area contributed by atoms with E-state index in [4.69, 9.17) is 0 Å². The van der Waals surface area contributed by atoms with Crippen LogP contribution in [0.5, 0.6) is 0 Å². The second-order valence-electron chi connectivity index (χ2n) is 3.02. The van der Waals surface area contributed by atoms with Gasteiger partial charge in [0.2, 0.25) is 0 Å². The van der Waals surface area contributed by atoms with Crippen molar-refractivity contribution in [3.63, 3.8) is 0 Å². The van der Waals surface area contributed by atoms with Crippen molar-refractivity contribution in [3.8, 4) is 0 Å². The molecule has 4 nitrogen and oxygen atoms in total. The van der Waals surface area contributed by atoms with E-state index in [0.29, 0.717) is 0 Å². The van der Waals surface area contributed by atoms with Gasteiger partial charge in [0.15, 0.2) is 0 Å². The van der Waals surface area contributed by atoms with Gasteiger partial charge in [-0.2, -0.15) is 0 Å². The number of imidazole rings is 1. The Morgan fingerprint density at radius 3 is 3.00 bits per heavy atom. The molecule has 1 amide bonds. The normalized spacial score (nSPS) is 10.5. The number of rotatable bonds is 4. The molecule has 0 saturated heterocycles. The first-order valence-electron chi connectivity index (χ1n) is 4.89. The van der Waals surface area contributed by atoms with E-state index in [1.807, 2.05) is 6.08 Å². The molecule has 0 fully saturated rings. The van der Waals surface area contributed by atoms with Gasteiger partial charge in [-0.25, -0.2) is 9.78 Å². The van der Waals surface area contributed by atoms with Gasteiger partial charge in [0.25, 0.3) is 0 Å². The van der Waals surface area contributed by atoms with Crippen LogP contribution in [0, 0.1) is 0 Å². The van der Waals surface area contributed by atoms with Gasteiger partial charge in [0.05, 0.1) is 0 Å². The molecule has 1 heterocycles. The molecule has 0 aromatic carbocycles. The molecule has 0 radical (unpaired) electrons. The predicted octanol–water partition coefficient (Wildman–Crippen LogP) is 2.61. The lowest BCUT2D eigenvalue weighted by atomic mass is 10.3. The van der Waals surface area contributed by atoms with E-state index in [0.717, 1.165) is 12.8 Å². The van der Waals surface area contributed by atoms with Crippen molar-refractivity contribution in [2.45, 2.75) is 19.8 Å². The van der Waals surface area contributed by atoms with Gasteiger partial charge in [0.1, 0.15) is 6.33 Å². The lowest BCUT2D eigenvalue weighted by Gasteiger charge is -2.12. The van der Waals surface area contributed by atoms with Gasteiger partial charge < -0.3 is 0 Å². The van der Waals surface area contributed by atoms with Crippen LogP contribution in [0.3, 0.4) is 0 Å². The number of carbonyl (C=O) groups excluding carboxylic acids is 1. The van der Waals surface area contributed by atoms with Crippen LogP contribution in [-0.2, 0) is 0 Å². The number of amides is 1. The SMILES string of the molecule is C=CN(/C=C\CCC)C(=O)n1ccnc1. The monoisotopic (exact) mass is 205 g/mol. The standard InChI is InChI=1S/C11H15N3O/c1-3-5-6-8-13(4-2)11(15)14-9-7-12-10-14/h4,6-10H,2-3,5H2,1H3/b8-6-. The van der Waals surface area contributed by atoms with Crippen LogP contribution >= 0.6 is 0 Å². The van der Waals surface area contributed by atoms with Gasteiger partial charge in [-0.15, -0.1) is 0 Å². The highest BCUT2D eigenvalue weighted by molar-refractivity contribution is 5.78. The summed E-state index contributed by atoms with van der Waals surface area (Å²) < 4.78 is 1.40. The smallest absolute Gasteiger partial charge is 0.277 e. The molecule has 0 unspecified atom stereocenters. The summed E-state index contributed by atoms with van der Waals surface area (Å²) in [6.45, 7) is 5.67. The second-order valence-corrected chi connectivity index (χ2v) is 3.02. The molecule has 0 spiro atoms. The Morgan fingerprint density at radius 2 is 2.47 bits per heavy atom. The average molecular weight is 205 g/mol. The molecule has 15 heavy (non-hydrogen) atoms. The molecule has 1 aromatic heterocycles. The zero-order chi connectivity index (χ0) is 11.1. The van der Waals surface area contributed by atoms with Crippen molar-refractivity contribution in [1.82, 2.24) is 14.5 Å². The van der Waals surface area contributed by atoms with Crippen LogP contribution < -0.4 is 0 Å². The van der Waals surface area contributed by atoms with Crippen LogP contribution in [0.25, 0.3) is 0 Å². The molecule has 0 N–H and O–H groups in total. The summed E-state index contributed by atoms with van der Waals surface area (Å²) in [5, 5.41) is 0. The van der Waals surface area contributed by atoms with E-state index in [2.05, 4.69) is 18.5 Å². The van der Waals surface area contributed by atoms with E-state index in [1.165, 1.54) is 22.0 Å². The molecule has 80 valence electrons. The largest absolute Gasteiger partial charge is 0.337 e. The van der Waals surface area contributed by atoms with Crippen LogP contribution in [0.2, 0.25) is 0 Å². The zero-order valence-electron chi connectivity index (χ0n) is 8.84. The van der Waals surface area contributed by atoms with Crippen molar-refractivity contribution in [2.24, 2.45) is 0 Å². The molecule has 0 bridgehead atoms. The van der Waals surface area contributed by atoms with Gasteiger partial charge in [-0.3, -0.25) is 9.47 Å². The predicted molar refractivity (Wildman–Crippen MR) is 59.1 cm³/mol. The fourth-order valence-electron chi connectivity index (χ4n) is 1.06. The van der Waals surface area contributed by atoms with Gasteiger partial charge >= 0.3 is 6.03 Å². The van der Waals surface area contributed by atoms with Crippen LogP contribution in [0.1, 0.15) is 19.8 Å². The Balaban J connectivity index is 2.67. The maximum absolute atomic E-state index is 11.8. The maximum Gasteiger partial charge on any atom is 0.337 e. The number of hydrogen-bond acceptors (Lipinski definition) is 2. The fraction of sp³-hybridized carbons (Fsp3) is 0.273. The van der Waals surface area contributed by atoms with E-state index in [-0.39, 0.29) is 6.03 Å². The van der Waals surface area contributed by atoms with Gasteiger partial charge in [-0.05, 0) is 6.42 Å². The van der Waals surface area contributed by atoms with Gasteiger partial charge in [-0.1, -0.05) is 26.0 Å². The van der Waals surface area contributed by atoms with Crippen molar-refractivity contribution in [2.75, 3.05) is 0 Å². The number of hydrogen-bond donors (Lipinski definition) is 0. The molecule has 0 aliphatic heterocycles. The molecule has 1 rings (SSSR count). The minimum absolute atomic E-state index is 0.185. The van der Waals surface area contributed by atoms with E-state index in [1.54, 1.807) is 18.6 Å². The minimum atomic E-state index is -0.185. The van der Waals surface area contributed by atoms with E-state index in [9.17, 15) is 4.79 Å². The minimum Gasteiger partial charge on any atom is -0.277 e. The number of aromatic nitrogens is 2. The lowest BCUT2D eigenvalue weighted by Crippen LogP contribution is -2.24. The Hall–Kier alpha value is -1.84. The summed E-state index contributed by atoms with van der Waals surface area (Å²) in [5.74, 6) is 0. The number of allylic oxidation sites excluding steroid dienone is 1. The Labute approximate surface area is 89.5 Å². The molecule has 0 saturated carbocycles. The summed E-state index contributed by atoms with van der Waals surface area (Å²) in [5.41, 5.74) is 0. The van der Waals surface area contributed by atoms with Crippen molar-refractivity contribution in [3.05, 3.63) is 43.8 Å². The molecule has 1 aromatic rings. The van der Waals surface area contributed by atoms with Crippen molar-refractivity contribution in [1.29, 1.82) is 0 Å². The summed E-state index contributed by atoms with van der Waals surface area (Å²) >= 11 is 0. The van der Waals surface area contributed by atoms with E-state index >= 15 is 0 Å². The number of carbonyl (C=O) groups is 1. The third kappa shape index (κ3) is 3.09. The third-order valence-electron chi connectivity index (χ3n) is 1.86. The van der Waals surface area contributed by atoms with Crippen LogP contribution in [0.15, 0.2) is 43.8 Å². The third-order valence-corrected chi connectivity index (χ3v) is 1.86. The quantitative estimate of drug-likeness (QED) is 0.757. The Bertz CT molecular complexity index is 341. The second kappa shape index (κ2) is 5.80.